The number of anilines is 1. The lowest BCUT2D eigenvalue weighted by Crippen LogP contribution is -2.23. The predicted molar refractivity (Wildman–Crippen MR) is 128 cm³/mol. The third-order valence-corrected chi connectivity index (χ3v) is 4.71. The van der Waals surface area contributed by atoms with Gasteiger partial charge in [-0.3, -0.25) is 5.43 Å². The summed E-state index contributed by atoms with van der Waals surface area (Å²) in [6, 6.07) is 18.7. The number of benzene rings is 3. The first kappa shape index (κ1) is 22.6. The van der Waals surface area contributed by atoms with E-state index in [-0.39, 0.29) is 10.6 Å². The summed E-state index contributed by atoms with van der Waals surface area (Å²) in [5.41, 5.74) is 4.56. The van der Waals surface area contributed by atoms with E-state index in [9.17, 15) is 4.79 Å². The molecule has 0 unspecified atom stereocenters. The normalized spacial score (nSPS) is 10.5. The molecule has 3 rings (SSSR count). The largest absolute Gasteiger partial charge is 0.497 e. The zero-order valence-corrected chi connectivity index (χ0v) is 18.6. The van der Waals surface area contributed by atoms with E-state index in [1.807, 2.05) is 24.3 Å². The number of hydrazone groups is 1. The van der Waals surface area contributed by atoms with Crippen LogP contribution in [0.4, 0.5) is 5.69 Å². The van der Waals surface area contributed by atoms with Crippen LogP contribution in [-0.4, -0.2) is 24.4 Å². The summed E-state index contributed by atoms with van der Waals surface area (Å²) in [4.78, 5) is 12.2. The molecular weight excluding hydrogens is 457 g/mol. The van der Waals surface area contributed by atoms with E-state index in [0.717, 1.165) is 17.0 Å². The Morgan fingerprint density at radius 3 is 2.32 bits per heavy atom. The van der Waals surface area contributed by atoms with E-state index in [4.69, 9.17) is 44.9 Å². The summed E-state index contributed by atoms with van der Waals surface area (Å²) in [5, 5.41) is 8.11. The number of nitrogens with zero attached hydrogens (tertiary/aromatic N) is 1. The van der Waals surface area contributed by atoms with E-state index in [1.165, 1.54) is 12.1 Å². The van der Waals surface area contributed by atoms with Crippen molar-refractivity contribution in [2.24, 2.45) is 5.10 Å². The lowest BCUT2D eigenvalue weighted by molar-refractivity contribution is 0.0735. The highest BCUT2D eigenvalue weighted by atomic mass is 35.5. The van der Waals surface area contributed by atoms with Crippen LogP contribution in [0.3, 0.4) is 0 Å². The number of thiocarbonyl (C=S) groups is 1. The van der Waals surface area contributed by atoms with Crippen molar-refractivity contribution >= 4 is 58.4 Å². The molecule has 0 saturated heterocycles. The molecule has 0 fully saturated rings. The molecule has 6 nitrogen and oxygen atoms in total. The molecule has 0 saturated carbocycles. The Morgan fingerprint density at radius 2 is 1.68 bits per heavy atom. The number of methoxy groups -OCH3 is 1. The smallest absolute Gasteiger partial charge is 0.345 e. The SMILES string of the molecule is COc1ccc(NC(=S)N/N=C\c2ccc(OC(=O)c3ccc(Cl)cc3Cl)cc2)cc1. The fourth-order valence-corrected chi connectivity index (χ4v) is 3.09. The van der Waals surface area contributed by atoms with Gasteiger partial charge in [-0.25, -0.2) is 4.79 Å². The van der Waals surface area contributed by atoms with Crippen LogP contribution in [0.15, 0.2) is 71.8 Å². The second-order valence-corrected chi connectivity index (χ2v) is 7.39. The lowest BCUT2D eigenvalue weighted by atomic mass is 10.2. The minimum absolute atomic E-state index is 0.228. The molecular formula is C22H17Cl2N3O3S. The van der Waals surface area contributed by atoms with Crippen molar-refractivity contribution in [3.63, 3.8) is 0 Å². The van der Waals surface area contributed by atoms with Crippen LogP contribution in [0, 0.1) is 0 Å². The molecule has 0 aliphatic carbocycles. The Balaban J connectivity index is 1.51. The fourth-order valence-electron chi connectivity index (χ4n) is 2.44. The summed E-state index contributed by atoms with van der Waals surface area (Å²) in [5.74, 6) is 0.561. The van der Waals surface area contributed by atoms with E-state index in [0.29, 0.717) is 15.9 Å². The molecule has 3 aromatic rings. The first-order valence-corrected chi connectivity index (χ1v) is 10.1. The molecule has 0 amide bonds. The van der Waals surface area contributed by atoms with Gasteiger partial charge < -0.3 is 14.8 Å². The van der Waals surface area contributed by atoms with Crippen molar-refractivity contribution in [1.82, 2.24) is 5.43 Å². The molecule has 2 N–H and O–H groups in total. The van der Waals surface area contributed by atoms with E-state index in [1.54, 1.807) is 43.7 Å². The average molecular weight is 474 g/mol. The van der Waals surface area contributed by atoms with Gasteiger partial charge in [0.25, 0.3) is 0 Å². The molecule has 9 heteroatoms. The van der Waals surface area contributed by atoms with Crippen molar-refractivity contribution < 1.29 is 14.3 Å². The third-order valence-electron chi connectivity index (χ3n) is 3.97. The second-order valence-electron chi connectivity index (χ2n) is 6.14. The number of hydrogen-bond acceptors (Lipinski definition) is 5. The standard InChI is InChI=1S/C22H17Cl2N3O3S/c1-29-17-9-5-16(6-10-17)26-22(31)27-25-13-14-2-7-18(8-3-14)30-21(28)19-11-4-15(23)12-20(19)24/h2-13H,1H3,(H2,26,27,31)/b25-13-. The number of carbonyl (C=O) groups is 1. The van der Waals surface area contributed by atoms with Gasteiger partial charge in [0.15, 0.2) is 5.11 Å². The number of rotatable bonds is 6. The highest BCUT2D eigenvalue weighted by Gasteiger charge is 2.13. The van der Waals surface area contributed by atoms with E-state index in [2.05, 4.69) is 15.8 Å². The fraction of sp³-hybridized carbons (Fsp3) is 0.0455. The van der Waals surface area contributed by atoms with E-state index < -0.39 is 5.97 Å². The Labute approximate surface area is 194 Å². The van der Waals surface area contributed by atoms with Crippen LogP contribution < -0.4 is 20.2 Å². The van der Waals surface area contributed by atoms with Gasteiger partial charge >= 0.3 is 5.97 Å². The predicted octanol–water partition coefficient (Wildman–Crippen LogP) is 5.54. The summed E-state index contributed by atoms with van der Waals surface area (Å²) in [6.45, 7) is 0. The van der Waals surface area contributed by atoms with Crippen LogP contribution in [-0.2, 0) is 0 Å². The molecule has 0 spiro atoms. The van der Waals surface area contributed by atoms with E-state index >= 15 is 0 Å². The summed E-state index contributed by atoms with van der Waals surface area (Å²) >= 11 is 17.1. The van der Waals surface area contributed by atoms with Gasteiger partial charge in [0, 0.05) is 10.7 Å². The minimum Gasteiger partial charge on any atom is -0.497 e. The first-order valence-electron chi connectivity index (χ1n) is 8.96. The number of halogens is 2. The Morgan fingerprint density at radius 1 is 1.00 bits per heavy atom. The summed E-state index contributed by atoms with van der Waals surface area (Å²) in [7, 11) is 1.61. The summed E-state index contributed by atoms with van der Waals surface area (Å²) in [6.07, 6.45) is 1.59. The number of ether oxygens (including phenoxy) is 2. The van der Waals surface area contributed by atoms with Crippen LogP contribution in [0.2, 0.25) is 10.0 Å². The molecule has 3 aromatic carbocycles. The molecule has 0 aliphatic heterocycles. The summed E-state index contributed by atoms with van der Waals surface area (Å²) < 4.78 is 10.4. The maximum atomic E-state index is 12.2. The Hall–Kier alpha value is -3.13. The Kier molecular flexibility index (Phi) is 7.83. The van der Waals surface area contributed by atoms with Gasteiger partial charge in [0.1, 0.15) is 11.5 Å². The molecule has 0 atom stereocenters. The lowest BCUT2D eigenvalue weighted by Gasteiger charge is -2.08. The molecule has 0 radical (unpaired) electrons. The molecule has 158 valence electrons. The molecule has 0 aromatic heterocycles. The zero-order chi connectivity index (χ0) is 22.2. The number of hydrogen-bond donors (Lipinski definition) is 2. The average Bonchev–Trinajstić information content (AvgIpc) is 2.75. The third kappa shape index (κ3) is 6.68. The van der Waals surface area contributed by atoms with Crippen molar-refractivity contribution in [1.29, 1.82) is 0 Å². The maximum Gasteiger partial charge on any atom is 0.345 e. The first-order chi connectivity index (χ1) is 14.9. The molecule has 31 heavy (non-hydrogen) atoms. The van der Waals surface area contributed by atoms with Crippen molar-refractivity contribution in [3.05, 3.63) is 87.9 Å². The quantitative estimate of drug-likeness (QED) is 0.161. The van der Waals surface area contributed by atoms with Gasteiger partial charge in [-0.1, -0.05) is 23.2 Å². The minimum atomic E-state index is -0.570. The highest BCUT2D eigenvalue weighted by molar-refractivity contribution is 7.80. The Bertz CT molecular complexity index is 1100. The zero-order valence-electron chi connectivity index (χ0n) is 16.3. The van der Waals surface area contributed by atoms with Gasteiger partial charge in [0.2, 0.25) is 0 Å². The highest BCUT2D eigenvalue weighted by Crippen LogP contribution is 2.23. The second kappa shape index (κ2) is 10.8. The van der Waals surface area contributed by atoms with Crippen LogP contribution in [0.25, 0.3) is 0 Å². The number of esters is 1. The molecule has 0 heterocycles. The van der Waals surface area contributed by atoms with Crippen molar-refractivity contribution in [2.45, 2.75) is 0 Å². The molecule has 0 bridgehead atoms. The van der Waals surface area contributed by atoms with Gasteiger partial charge in [0.05, 0.1) is 23.9 Å². The topological polar surface area (TPSA) is 71.9 Å². The van der Waals surface area contributed by atoms with Gasteiger partial charge in [-0.15, -0.1) is 0 Å². The van der Waals surface area contributed by atoms with Gasteiger partial charge in [-0.05, 0) is 84.5 Å². The molecule has 0 aliphatic rings. The maximum absolute atomic E-state index is 12.2. The van der Waals surface area contributed by atoms with Crippen molar-refractivity contribution in [3.8, 4) is 11.5 Å². The van der Waals surface area contributed by atoms with Crippen molar-refractivity contribution in [2.75, 3.05) is 12.4 Å². The van der Waals surface area contributed by atoms with Crippen LogP contribution in [0.1, 0.15) is 15.9 Å². The van der Waals surface area contributed by atoms with Crippen LogP contribution >= 0.6 is 35.4 Å². The monoisotopic (exact) mass is 473 g/mol. The number of nitrogens with one attached hydrogen (secondary N) is 2. The number of carbonyl (C=O) groups excluding carboxylic acids is 1. The van der Waals surface area contributed by atoms with Gasteiger partial charge in [-0.2, -0.15) is 5.10 Å². The van der Waals surface area contributed by atoms with Crippen LogP contribution in [0.5, 0.6) is 11.5 Å².